The lowest BCUT2D eigenvalue weighted by Gasteiger charge is -2.24. The summed E-state index contributed by atoms with van der Waals surface area (Å²) in [5.74, 6) is -5.02. The number of carbonyl (C=O) groups is 4. The monoisotopic (exact) mass is 492 g/mol. The summed E-state index contributed by atoms with van der Waals surface area (Å²) in [4.78, 5) is 46.7. The van der Waals surface area contributed by atoms with Gasteiger partial charge in [0.25, 0.3) is 0 Å². The Labute approximate surface area is 200 Å². The summed E-state index contributed by atoms with van der Waals surface area (Å²) < 4.78 is 9.42. The molecule has 184 valence electrons. The zero-order valence-electron chi connectivity index (χ0n) is 19.1. The van der Waals surface area contributed by atoms with E-state index in [1.54, 1.807) is 12.1 Å². The molecule has 0 saturated heterocycles. The van der Waals surface area contributed by atoms with E-state index in [-0.39, 0.29) is 17.2 Å². The molecule has 0 heterocycles. The summed E-state index contributed by atoms with van der Waals surface area (Å²) in [6, 6.07) is 14.7. The fourth-order valence-corrected chi connectivity index (χ4v) is 3.50. The van der Waals surface area contributed by atoms with Gasteiger partial charge in [0.15, 0.2) is 6.10 Å². The Balaban J connectivity index is 0.000000620. The molecule has 0 amide bonds. The molecule has 0 aliphatic carbocycles. The topological polar surface area (TPSA) is 150 Å². The number of aliphatic carboxylic acids is 2. The summed E-state index contributed by atoms with van der Waals surface area (Å²) >= 11 is 0. The molecule has 0 bridgehead atoms. The van der Waals surface area contributed by atoms with Crippen molar-refractivity contribution < 1.29 is 44.0 Å². The number of rotatable bonds is 10. The second-order valence-corrected chi connectivity index (χ2v) is 9.56. The van der Waals surface area contributed by atoms with Gasteiger partial charge in [0.05, 0.1) is 35.7 Å². The molecule has 0 saturated carbocycles. The van der Waals surface area contributed by atoms with Gasteiger partial charge in [-0.25, -0.2) is 14.4 Å². The van der Waals surface area contributed by atoms with E-state index >= 15 is 0 Å². The molecule has 0 aliphatic rings. The zero-order chi connectivity index (χ0) is 25.7. The first-order valence-electron chi connectivity index (χ1n) is 10.2. The van der Waals surface area contributed by atoms with Crippen LogP contribution in [0.1, 0.15) is 34.1 Å². The summed E-state index contributed by atoms with van der Waals surface area (Å²) in [7, 11) is 0.404. The molecular formula is C24H28O9S. The number of aliphatic hydroxyl groups is 1. The van der Waals surface area contributed by atoms with Crippen molar-refractivity contribution in [1.82, 2.24) is 0 Å². The highest BCUT2D eigenvalue weighted by molar-refractivity contribution is 7.95. The molecule has 2 N–H and O–H groups in total. The summed E-state index contributed by atoms with van der Waals surface area (Å²) in [5, 5.41) is 29.5. The normalized spacial score (nSPS) is 13.0. The van der Waals surface area contributed by atoms with Crippen molar-refractivity contribution in [3.05, 3.63) is 71.8 Å². The van der Waals surface area contributed by atoms with Crippen molar-refractivity contribution in [3.8, 4) is 0 Å². The molecule has 0 spiro atoms. The second kappa shape index (κ2) is 14.7. The predicted molar refractivity (Wildman–Crippen MR) is 124 cm³/mol. The minimum atomic E-state index is -2.33. The van der Waals surface area contributed by atoms with E-state index in [0.717, 1.165) is 12.2 Å². The first-order chi connectivity index (χ1) is 16.1. The maximum atomic E-state index is 12.0. The fourth-order valence-electron chi connectivity index (χ4n) is 2.49. The van der Waals surface area contributed by atoms with Gasteiger partial charge in [-0.15, -0.1) is 0 Å². The fraction of sp³-hybridized carbons (Fsp3) is 0.333. The lowest BCUT2D eigenvalue weighted by molar-refractivity contribution is -0.317. The lowest BCUT2D eigenvalue weighted by Crippen LogP contribution is -2.51. The van der Waals surface area contributed by atoms with Gasteiger partial charge >= 0.3 is 17.9 Å². The Morgan fingerprint density at radius 3 is 1.56 bits per heavy atom. The number of carbonyl (C=O) groups excluding carboxylic acids is 3. The molecule has 0 aliphatic heterocycles. The highest BCUT2D eigenvalue weighted by Crippen LogP contribution is 2.12. The molecule has 34 heavy (non-hydrogen) atoms. The van der Waals surface area contributed by atoms with Crippen molar-refractivity contribution in [2.75, 3.05) is 18.3 Å². The van der Waals surface area contributed by atoms with Gasteiger partial charge in [-0.3, -0.25) is 0 Å². The number of ether oxygens (including phenoxy) is 2. The summed E-state index contributed by atoms with van der Waals surface area (Å²) in [6.07, 6.45) is 0.532. The van der Waals surface area contributed by atoms with Gasteiger partial charge < -0.3 is 29.6 Å². The minimum Gasteiger partial charge on any atom is -0.546 e. The van der Waals surface area contributed by atoms with Crippen molar-refractivity contribution >= 4 is 34.8 Å². The zero-order valence-corrected chi connectivity index (χ0v) is 19.9. The van der Waals surface area contributed by atoms with E-state index in [9.17, 15) is 29.4 Å². The number of benzene rings is 2. The van der Waals surface area contributed by atoms with Crippen LogP contribution < -0.4 is 5.11 Å². The van der Waals surface area contributed by atoms with Crippen LogP contribution in [0.2, 0.25) is 0 Å². The first-order valence-corrected chi connectivity index (χ1v) is 12.5. The standard InChI is InChI=1S/C18H14O8.C6H15OS/c19-15(20)13(25-17(23)11-7-3-1-4-8-11)14(16(21)22)26-18(24)12-9-5-2-6-10-12;1-4-6(7)5-8(2)3/h1-10,13-14H,(H,19,20)(H,21,22);6-7H,4-5H2,1-3H3/q;+1/p-1. The third kappa shape index (κ3) is 10.1. The molecule has 3 atom stereocenters. The van der Waals surface area contributed by atoms with Gasteiger partial charge in [-0.05, 0) is 41.6 Å². The van der Waals surface area contributed by atoms with Crippen LogP contribution in [-0.2, 0) is 30.0 Å². The van der Waals surface area contributed by atoms with Gasteiger partial charge in [0.2, 0.25) is 6.10 Å². The smallest absolute Gasteiger partial charge is 0.349 e. The Hall–Kier alpha value is -3.37. The van der Waals surface area contributed by atoms with E-state index in [4.69, 9.17) is 14.6 Å². The number of carboxylic acid groups (broad SMARTS) is 2. The highest BCUT2D eigenvalue weighted by Gasteiger charge is 2.36. The number of hydrogen-bond donors (Lipinski definition) is 2. The molecule has 10 heteroatoms. The third-order valence-electron chi connectivity index (χ3n) is 4.23. The second-order valence-electron chi connectivity index (χ2n) is 7.26. The number of esters is 2. The van der Waals surface area contributed by atoms with Crippen LogP contribution in [-0.4, -0.2) is 70.7 Å². The highest BCUT2D eigenvalue weighted by atomic mass is 32.2. The largest absolute Gasteiger partial charge is 0.546 e. The maximum absolute atomic E-state index is 12.0. The molecular weight excluding hydrogens is 464 g/mol. The average Bonchev–Trinajstić information content (AvgIpc) is 2.81. The van der Waals surface area contributed by atoms with Crippen LogP contribution in [0.25, 0.3) is 0 Å². The Bertz CT molecular complexity index is 862. The maximum Gasteiger partial charge on any atom is 0.349 e. The van der Waals surface area contributed by atoms with E-state index < -0.39 is 36.1 Å². The van der Waals surface area contributed by atoms with Crippen molar-refractivity contribution in [2.24, 2.45) is 0 Å². The lowest BCUT2D eigenvalue weighted by atomic mass is 10.1. The molecule has 2 aromatic carbocycles. The minimum absolute atomic E-state index is 0.00252. The molecule has 2 aromatic rings. The molecule has 0 aromatic heterocycles. The Kier molecular flexibility index (Phi) is 12.4. The van der Waals surface area contributed by atoms with Crippen molar-refractivity contribution in [1.29, 1.82) is 0 Å². The van der Waals surface area contributed by atoms with E-state index in [1.165, 1.54) is 48.5 Å². The molecule has 0 fully saturated rings. The van der Waals surface area contributed by atoms with Gasteiger partial charge in [-0.1, -0.05) is 43.3 Å². The predicted octanol–water partition coefficient (Wildman–Crippen LogP) is 0.907. The first kappa shape index (κ1) is 28.7. The third-order valence-corrected chi connectivity index (χ3v) is 5.29. The van der Waals surface area contributed by atoms with Crippen LogP contribution in [0, 0.1) is 0 Å². The quantitative estimate of drug-likeness (QED) is 0.364. The number of aliphatic hydroxyl groups excluding tert-OH is 1. The van der Waals surface area contributed by atoms with Crippen molar-refractivity contribution in [3.63, 3.8) is 0 Å². The van der Waals surface area contributed by atoms with Crippen LogP contribution in [0.3, 0.4) is 0 Å². The van der Waals surface area contributed by atoms with Crippen molar-refractivity contribution in [2.45, 2.75) is 31.7 Å². The van der Waals surface area contributed by atoms with Crippen LogP contribution >= 0.6 is 0 Å². The molecule has 3 unspecified atom stereocenters. The number of carboxylic acids is 2. The van der Waals surface area contributed by atoms with Gasteiger partial charge in [-0.2, -0.15) is 0 Å². The van der Waals surface area contributed by atoms with E-state index in [0.29, 0.717) is 10.9 Å². The molecule has 9 nitrogen and oxygen atoms in total. The molecule has 2 rings (SSSR count). The summed E-state index contributed by atoms with van der Waals surface area (Å²) in [6.45, 7) is 2.01. The SMILES string of the molecule is CCC(O)C[S+](C)C.O=C(OC(C(=O)[O-])C(OC(=O)c1ccccc1)C(=O)O)c1ccccc1. The Morgan fingerprint density at radius 2 is 1.26 bits per heavy atom. The average molecular weight is 493 g/mol. The van der Waals surface area contributed by atoms with E-state index in [1.807, 2.05) is 6.92 Å². The summed E-state index contributed by atoms with van der Waals surface area (Å²) in [5.41, 5.74) is 0.00232. The Morgan fingerprint density at radius 1 is 0.853 bits per heavy atom. The van der Waals surface area contributed by atoms with Crippen LogP contribution in [0.4, 0.5) is 0 Å². The van der Waals surface area contributed by atoms with E-state index in [2.05, 4.69) is 12.5 Å². The number of hydrogen-bond acceptors (Lipinski definition) is 8. The molecule has 0 radical (unpaired) electrons. The van der Waals surface area contributed by atoms with Gasteiger partial charge in [0.1, 0.15) is 5.75 Å². The van der Waals surface area contributed by atoms with Crippen LogP contribution in [0.5, 0.6) is 0 Å². The van der Waals surface area contributed by atoms with Gasteiger partial charge in [0, 0.05) is 0 Å². The van der Waals surface area contributed by atoms with Crippen LogP contribution in [0.15, 0.2) is 60.7 Å².